The number of rotatable bonds is 10. The number of aliphatic hydroxyl groups excluding tert-OH is 1. The van der Waals surface area contributed by atoms with E-state index in [9.17, 15) is 43.5 Å². The number of fused-ring (bicyclic) bond motifs is 3. The van der Waals surface area contributed by atoms with Gasteiger partial charge >= 0.3 is 19.6 Å². The number of hydrogen-bond donors (Lipinski definition) is 4. The van der Waals surface area contributed by atoms with E-state index in [1.165, 1.54) is 4.90 Å². The van der Waals surface area contributed by atoms with Crippen LogP contribution in [0.3, 0.4) is 0 Å². The molecule has 4 aliphatic rings. The number of aliphatic hydroxyl groups is 2. The SMILES string of the molecule is [2H]N(F)[B]NC(=O)OCCOC1CC[C@@H](C[C@@H](C)[C@@H]2CC(=O)[C@H](C)/C=C(\C)[C@@H](O)[C@@H](C)C(=O)[C@H](C)C[C@H](C)/C=C/C=C/C=C(\C)[C@@H](OC)C[C@@H]3CC[C@@H](C)[C@@](O)(O3)C(=O)C(=O)N3CCCC[C@H]3C(=O)O2)C[C@H]1C. The molecular weight excluding hydrogens is 928 g/mol. The highest BCUT2D eigenvalue weighted by atomic mass is 19.2. The van der Waals surface area contributed by atoms with Crippen LogP contribution in [0.4, 0.5) is 9.28 Å². The third-order valence-electron chi connectivity index (χ3n) is 15.5. The summed E-state index contributed by atoms with van der Waals surface area (Å²) < 4.78 is 48.5. The zero-order valence-corrected chi connectivity index (χ0v) is 44.4. The number of methoxy groups -OCH3 is 1. The number of esters is 1. The topological polar surface area (TPSA) is 216 Å². The number of hydrogen-bond acceptors (Lipinski definition) is 14. The van der Waals surface area contributed by atoms with E-state index in [4.69, 9.17) is 25.1 Å². The van der Waals surface area contributed by atoms with E-state index in [0.29, 0.717) is 64.5 Å². The Labute approximate surface area is 429 Å². The molecule has 1 radical (unpaired) electrons. The van der Waals surface area contributed by atoms with Gasteiger partial charge in [0.1, 0.15) is 31.7 Å². The van der Waals surface area contributed by atoms with Gasteiger partial charge in [-0.2, -0.15) is 5.44 Å². The molecule has 0 spiro atoms. The maximum atomic E-state index is 14.5. The number of ether oxygens (including phenoxy) is 5. The van der Waals surface area contributed by atoms with Crippen LogP contribution in [0.25, 0.3) is 0 Å². The summed E-state index contributed by atoms with van der Waals surface area (Å²) in [5.74, 6) is -8.27. The number of cyclic esters (lactones) is 1. The van der Waals surface area contributed by atoms with Crippen molar-refractivity contribution in [3.05, 3.63) is 47.6 Å². The van der Waals surface area contributed by atoms with Crippen LogP contribution in [0, 0.1) is 47.3 Å². The lowest BCUT2D eigenvalue weighted by molar-refractivity contribution is -0.265. The smallest absolute Gasteiger partial charge is 0.395 e. The first kappa shape index (κ1) is 58.8. The van der Waals surface area contributed by atoms with Crippen LogP contribution in [-0.4, -0.2) is 127 Å². The van der Waals surface area contributed by atoms with Crippen LogP contribution in [0.1, 0.15) is 139 Å². The van der Waals surface area contributed by atoms with Gasteiger partial charge in [-0.15, -0.1) is 4.48 Å². The van der Waals surface area contributed by atoms with Gasteiger partial charge in [0, 0.05) is 50.2 Å². The second kappa shape index (κ2) is 29.1. The molecule has 18 heteroatoms. The first-order valence-corrected chi connectivity index (χ1v) is 26.2. The van der Waals surface area contributed by atoms with Crippen molar-refractivity contribution < 1.29 is 68.6 Å². The van der Waals surface area contributed by atoms with E-state index in [0.717, 1.165) is 18.4 Å². The molecule has 1 aliphatic carbocycles. The van der Waals surface area contributed by atoms with E-state index in [1.807, 2.05) is 63.3 Å². The summed E-state index contributed by atoms with van der Waals surface area (Å²) in [7, 11) is 2.07. The third-order valence-corrected chi connectivity index (χ3v) is 15.5. The highest BCUT2D eigenvalue weighted by Crippen LogP contribution is 2.39. The number of nitrogens with one attached hydrogen (secondary N) is 2. The molecule has 0 aromatic rings. The minimum Gasteiger partial charge on any atom is -0.460 e. The highest BCUT2D eigenvalue weighted by Gasteiger charge is 2.53. The summed E-state index contributed by atoms with van der Waals surface area (Å²) in [5.41, 5.74) is 0.791. The molecule has 72 heavy (non-hydrogen) atoms. The number of allylic oxidation sites excluding steroid dienone is 6. The Bertz CT molecular complexity index is 2000. The number of amides is 2. The van der Waals surface area contributed by atoms with Crippen molar-refractivity contribution in [3.63, 3.8) is 0 Å². The normalized spacial score (nSPS) is 37.7. The summed E-state index contributed by atoms with van der Waals surface area (Å²) in [5, 5.41) is 25.4. The Morgan fingerprint density at radius 2 is 1.71 bits per heavy atom. The number of nitrogens with zero attached hydrogens (tertiary/aromatic N) is 1. The standard InChI is InChI=1S/C54H84BFN3O13/c1-32-16-12-11-13-17-33(2)46(68-10)30-42-21-19-39(8)54(67,72-42)50(63)51(64)59-23-15-14-18-43(59)52(65)71-47(31-44(60)34(3)27-38(7)49(62)40(9)48(61)37(6)26-32)36(5)29-41-20-22-45(35(4)28-41)69-24-25-70-53(66)57-55-58-56/h11-13,16-17,27,32,34-37,39-43,45-47,49,58,62,67H,14-15,18-26,28-31H2,1-10H3,(H,57,66)/b13-11+,16-12+,33-17+,38-27+/t32-,34-,35-,36-,37-,39-,40+,41-,42+,43+,45?,46+,47+,49-,54-/m1/s1/i58D. The van der Waals surface area contributed by atoms with Crippen molar-refractivity contribution >= 4 is 42.9 Å². The maximum Gasteiger partial charge on any atom is 0.395 e. The van der Waals surface area contributed by atoms with Crippen molar-refractivity contribution in [2.75, 3.05) is 26.9 Å². The molecule has 1 saturated carbocycles. The van der Waals surface area contributed by atoms with Crippen LogP contribution >= 0.6 is 0 Å². The highest BCUT2D eigenvalue weighted by molar-refractivity contribution is 6.39. The van der Waals surface area contributed by atoms with E-state index < -0.39 is 83.2 Å². The molecule has 2 amide bonds. The molecule has 0 aromatic heterocycles. The van der Waals surface area contributed by atoms with Crippen molar-refractivity contribution in [1.82, 2.24) is 15.6 Å². The Morgan fingerprint density at radius 1 is 0.972 bits per heavy atom. The van der Waals surface area contributed by atoms with Gasteiger partial charge in [0.15, 0.2) is 0 Å². The number of ketones is 3. The van der Waals surface area contributed by atoms with Crippen LogP contribution in [0.2, 0.25) is 1.41 Å². The van der Waals surface area contributed by atoms with Gasteiger partial charge in [-0.1, -0.05) is 84.9 Å². The largest absolute Gasteiger partial charge is 0.460 e. The number of piperidine rings is 1. The fourth-order valence-electron chi connectivity index (χ4n) is 10.9. The summed E-state index contributed by atoms with van der Waals surface area (Å²) >= 11 is 0. The molecule has 4 N–H and O–H groups in total. The van der Waals surface area contributed by atoms with E-state index in [1.54, 1.807) is 40.9 Å². The molecule has 3 aliphatic heterocycles. The second-order valence-corrected chi connectivity index (χ2v) is 21.3. The molecule has 3 heterocycles. The molecule has 15 atom stereocenters. The van der Waals surface area contributed by atoms with Gasteiger partial charge in [-0.3, -0.25) is 19.2 Å². The predicted octanol–water partition coefficient (Wildman–Crippen LogP) is 7.18. The quantitative estimate of drug-likeness (QED) is 0.0426. The fourth-order valence-corrected chi connectivity index (χ4v) is 10.9. The molecule has 16 nitrogen and oxygen atoms in total. The molecular formula is C54H84BFN3O13. The molecule has 2 bridgehead atoms. The Morgan fingerprint density at radius 3 is 2.40 bits per heavy atom. The lowest BCUT2D eigenvalue weighted by Gasteiger charge is -2.42. The number of carbonyl (C=O) groups is 6. The first-order valence-electron chi connectivity index (χ1n) is 26.7. The first-order chi connectivity index (χ1) is 34.5. The number of halogens is 1. The molecule has 3 fully saturated rings. The molecule has 0 aromatic carbocycles. The van der Waals surface area contributed by atoms with Gasteiger partial charge in [-0.25, -0.2) is 9.59 Å². The maximum absolute atomic E-state index is 14.5. The number of carbonyl (C=O) groups excluding carboxylic acids is 6. The molecule has 2 saturated heterocycles. The Kier molecular flexibility index (Phi) is 23.8. The molecule has 4 rings (SSSR count). The van der Waals surface area contributed by atoms with E-state index in [-0.39, 0.29) is 79.9 Å². The molecule has 1 unspecified atom stereocenters. The minimum atomic E-state index is -2.45. The summed E-state index contributed by atoms with van der Waals surface area (Å²) in [6.45, 7) is 16.7. The fraction of sp³-hybridized carbons (Fsp3) is 0.741. The van der Waals surface area contributed by atoms with Crippen LogP contribution in [0.15, 0.2) is 47.6 Å². The van der Waals surface area contributed by atoms with Crippen molar-refractivity contribution in [2.45, 2.75) is 182 Å². The lowest BCUT2D eigenvalue weighted by atomic mass is 9.75. The van der Waals surface area contributed by atoms with Crippen LogP contribution in [0.5, 0.6) is 0 Å². The average molecular weight is 1010 g/mol. The monoisotopic (exact) mass is 1010 g/mol. The van der Waals surface area contributed by atoms with Gasteiger partial charge in [0.05, 0.1) is 31.0 Å². The zero-order valence-electron chi connectivity index (χ0n) is 45.4. The zero-order chi connectivity index (χ0) is 54.2. The van der Waals surface area contributed by atoms with Crippen LogP contribution in [-0.2, 0) is 47.7 Å². The van der Waals surface area contributed by atoms with Crippen LogP contribution < -0.4 is 10.7 Å². The van der Waals surface area contributed by atoms with Crippen molar-refractivity contribution in [3.8, 4) is 0 Å². The van der Waals surface area contributed by atoms with E-state index >= 15 is 0 Å². The molecule has 403 valence electrons. The van der Waals surface area contributed by atoms with E-state index in [2.05, 4.69) is 6.92 Å². The van der Waals surface area contributed by atoms with Gasteiger partial charge in [0.25, 0.3) is 11.7 Å². The third kappa shape index (κ3) is 17.3. The summed E-state index contributed by atoms with van der Waals surface area (Å²) in [4.78, 5) is 83.9. The van der Waals surface area contributed by atoms with Crippen molar-refractivity contribution in [2.24, 2.45) is 47.3 Å². The number of Topliss-reactive ketones (excluding diaryl/α,β-unsaturated/α-hetero) is 3. The van der Waals surface area contributed by atoms with Gasteiger partial charge in [0.2, 0.25) is 5.79 Å². The minimum absolute atomic E-state index is 0.0540. The predicted molar refractivity (Wildman–Crippen MR) is 270 cm³/mol. The summed E-state index contributed by atoms with van der Waals surface area (Å²) in [6.07, 6.45) is 12.8. The lowest BCUT2D eigenvalue weighted by Crippen LogP contribution is -2.61. The Hall–Kier alpha value is -4.07. The van der Waals surface area contributed by atoms with Crippen molar-refractivity contribution in [1.29, 1.82) is 0 Å². The average Bonchev–Trinajstić information content (AvgIpc) is 3.35. The summed E-state index contributed by atoms with van der Waals surface area (Å²) in [6, 6.07) is -1.16. The van der Waals surface area contributed by atoms with Gasteiger partial charge in [-0.05, 0) is 113 Å². The van der Waals surface area contributed by atoms with Gasteiger partial charge < -0.3 is 44.0 Å². The second-order valence-electron chi connectivity index (χ2n) is 21.3. The Balaban J connectivity index is 1.61.